The van der Waals surface area contributed by atoms with Crippen molar-refractivity contribution in [3.8, 4) is 0 Å². The van der Waals surface area contributed by atoms with Gasteiger partial charge >= 0.3 is 5.69 Å². The number of nitrogens with zero attached hydrogens (tertiary/aromatic N) is 1. The summed E-state index contributed by atoms with van der Waals surface area (Å²) in [5.74, 6) is 0. The molecule has 0 saturated carbocycles. The van der Waals surface area contributed by atoms with Crippen LogP contribution in [0, 0.1) is 0 Å². The predicted molar refractivity (Wildman–Crippen MR) is 48.5 cm³/mol. The molecule has 0 spiro atoms. The van der Waals surface area contributed by atoms with Gasteiger partial charge in [-0.25, -0.2) is 4.79 Å². The van der Waals surface area contributed by atoms with Crippen LogP contribution in [0.25, 0.3) is 11.0 Å². The second-order valence-corrected chi connectivity index (χ2v) is 3.09. The van der Waals surface area contributed by atoms with Gasteiger partial charge < -0.3 is 4.98 Å². The van der Waals surface area contributed by atoms with Gasteiger partial charge in [-0.3, -0.25) is 4.57 Å². The fraction of sp³-hybridized carbons (Fsp3) is 0.125. The van der Waals surface area contributed by atoms with Crippen LogP contribution < -0.4 is 5.69 Å². The van der Waals surface area contributed by atoms with Gasteiger partial charge in [-0.05, 0) is 18.2 Å². The average Bonchev–Trinajstić information content (AvgIpc) is 2.31. The molecule has 0 atom stereocenters. The van der Waals surface area contributed by atoms with E-state index in [1.165, 1.54) is 4.57 Å². The number of aryl methyl sites for hydroxylation is 1. The molecule has 62 valence electrons. The zero-order chi connectivity index (χ0) is 8.72. The maximum absolute atomic E-state index is 11.1. The van der Waals surface area contributed by atoms with Crippen molar-refractivity contribution in [3.63, 3.8) is 0 Å². The molecule has 2 rings (SSSR count). The number of hydrogen-bond donors (Lipinski definition) is 1. The SMILES string of the molecule is Cn1c(=O)[nH]c2ccc(Cl)cc21. The number of aromatic nitrogens is 2. The lowest BCUT2D eigenvalue weighted by molar-refractivity contribution is 0.891. The Morgan fingerprint density at radius 2 is 2.25 bits per heavy atom. The van der Waals surface area contributed by atoms with Crippen LogP contribution in [0.5, 0.6) is 0 Å². The van der Waals surface area contributed by atoms with Crippen LogP contribution in [0.15, 0.2) is 23.0 Å². The molecule has 0 amide bonds. The molecule has 3 nitrogen and oxygen atoms in total. The maximum Gasteiger partial charge on any atom is 0.326 e. The minimum absolute atomic E-state index is 0.118. The standard InChI is InChI=1S/C8H7ClN2O/c1-11-7-4-5(9)2-3-6(7)10-8(11)12/h2-4H,1H3,(H,10,12). The molecule has 2 aromatic rings. The van der Waals surface area contributed by atoms with Crippen molar-refractivity contribution in [2.24, 2.45) is 7.05 Å². The molecule has 0 saturated heterocycles. The van der Waals surface area contributed by atoms with Gasteiger partial charge in [-0.15, -0.1) is 0 Å². The number of fused-ring (bicyclic) bond motifs is 1. The van der Waals surface area contributed by atoms with Crippen LogP contribution in [-0.4, -0.2) is 9.55 Å². The van der Waals surface area contributed by atoms with Gasteiger partial charge in [0.1, 0.15) is 0 Å². The molecule has 0 aliphatic heterocycles. The Kier molecular flexibility index (Phi) is 1.48. The van der Waals surface area contributed by atoms with Gasteiger partial charge in [0.05, 0.1) is 11.0 Å². The number of hydrogen-bond acceptors (Lipinski definition) is 1. The van der Waals surface area contributed by atoms with Crippen molar-refractivity contribution in [3.05, 3.63) is 33.7 Å². The fourth-order valence-electron chi connectivity index (χ4n) is 1.20. The van der Waals surface area contributed by atoms with E-state index in [4.69, 9.17) is 11.6 Å². The molecular weight excluding hydrogens is 176 g/mol. The summed E-state index contributed by atoms with van der Waals surface area (Å²) in [5, 5.41) is 0.636. The van der Waals surface area contributed by atoms with E-state index in [2.05, 4.69) is 4.98 Å². The van der Waals surface area contributed by atoms with E-state index < -0.39 is 0 Å². The van der Waals surface area contributed by atoms with Gasteiger partial charge in [-0.1, -0.05) is 11.6 Å². The van der Waals surface area contributed by atoms with Crippen LogP contribution in [-0.2, 0) is 7.05 Å². The monoisotopic (exact) mass is 182 g/mol. The Morgan fingerprint density at radius 3 is 3.00 bits per heavy atom. The second kappa shape index (κ2) is 2.38. The molecule has 1 heterocycles. The highest BCUT2D eigenvalue weighted by atomic mass is 35.5. The number of H-pyrrole nitrogens is 1. The van der Waals surface area contributed by atoms with Crippen molar-refractivity contribution in [2.45, 2.75) is 0 Å². The third-order valence-corrected chi connectivity index (χ3v) is 2.10. The predicted octanol–water partition coefficient (Wildman–Crippen LogP) is 1.52. The topological polar surface area (TPSA) is 37.8 Å². The van der Waals surface area contributed by atoms with Crippen LogP contribution in [0.3, 0.4) is 0 Å². The summed E-state index contributed by atoms with van der Waals surface area (Å²) in [6.45, 7) is 0. The van der Waals surface area contributed by atoms with E-state index in [0.717, 1.165) is 11.0 Å². The summed E-state index contributed by atoms with van der Waals surface area (Å²) >= 11 is 5.77. The van der Waals surface area contributed by atoms with Crippen molar-refractivity contribution < 1.29 is 0 Å². The molecule has 1 N–H and O–H groups in total. The van der Waals surface area contributed by atoms with Crippen LogP contribution >= 0.6 is 11.6 Å². The minimum atomic E-state index is -0.118. The summed E-state index contributed by atoms with van der Waals surface area (Å²) in [4.78, 5) is 13.8. The lowest BCUT2D eigenvalue weighted by atomic mass is 10.3. The highest BCUT2D eigenvalue weighted by molar-refractivity contribution is 6.31. The smallest absolute Gasteiger partial charge is 0.306 e. The molecule has 4 heteroatoms. The Hall–Kier alpha value is -1.22. The van der Waals surface area contributed by atoms with Crippen LogP contribution in [0.4, 0.5) is 0 Å². The third kappa shape index (κ3) is 0.940. The summed E-state index contributed by atoms with van der Waals surface area (Å²) in [7, 11) is 1.71. The quantitative estimate of drug-likeness (QED) is 0.659. The van der Waals surface area contributed by atoms with Crippen molar-refractivity contribution >= 4 is 22.6 Å². The first-order chi connectivity index (χ1) is 5.68. The number of aromatic amines is 1. The Bertz CT molecular complexity index is 483. The molecular formula is C8H7ClN2O. The molecule has 1 aromatic heterocycles. The number of imidazole rings is 1. The van der Waals surface area contributed by atoms with Crippen LogP contribution in [0.1, 0.15) is 0 Å². The first-order valence-electron chi connectivity index (χ1n) is 3.53. The second-order valence-electron chi connectivity index (χ2n) is 2.65. The summed E-state index contributed by atoms with van der Waals surface area (Å²) in [5.41, 5.74) is 1.52. The van der Waals surface area contributed by atoms with Crippen molar-refractivity contribution in [2.75, 3.05) is 0 Å². The highest BCUT2D eigenvalue weighted by Crippen LogP contribution is 2.15. The zero-order valence-corrected chi connectivity index (χ0v) is 7.22. The lowest BCUT2D eigenvalue weighted by Gasteiger charge is -1.92. The minimum Gasteiger partial charge on any atom is -0.306 e. The first kappa shape index (κ1) is 7.43. The largest absolute Gasteiger partial charge is 0.326 e. The van der Waals surface area contributed by atoms with Gasteiger partial charge in [0.25, 0.3) is 0 Å². The summed E-state index contributed by atoms with van der Waals surface area (Å²) < 4.78 is 1.53. The fourth-order valence-corrected chi connectivity index (χ4v) is 1.36. The average molecular weight is 183 g/mol. The molecule has 0 aliphatic rings. The van der Waals surface area contributed by atoms with E-state index in [1.54, 1.807) is 25.2 Å². The Balaban J connectivity index is 2.98. The number of nitrogens with one attached hydrogen (secondary N) is 1. The van der Waals surface area contributed by atoms with Crippen LogP contribution in [0.2, 0.25) is 5.02 Å². The van der Waals surface area contributed by atoms with Crippen molar-refractivity contribution in [1.29, 1.82) is 0 Å². The van der Waals surface area contributed by atoms with E-state index in [1.807, 2.05) is 0 Å². The van der Waals surface area contributed by atoms with E-state index in [0.29, 0.717) is 5.02 Å². The van der Waals surface area contributed by atoms with Gasteiger partial charge in [0.2, 0.25) is 0 Å². The maximum atomic E-state index is 11.1. The highest BCUT2D eigenvalue weighted by Gasteiger charge is 2.01. The molecule has 0 bridgehead atoms. The number of halogens is 1. The normalized spacial score (nSPS) is 10.8. The van der Waals surface area contributed by atoms with E-state index >= 15 is 0 Å². The zero-order valence-electron chi connectivity index (χ0n) is 6.47. The van der Waals surface area contributed by atoms with Gasteiger partial charge in [0.15, 0.2) is 0 Å². The first-order valence-corrected chi connectivity index (χ1v) is 3.90. The number of rotatable bonds is 0. The van der Waals surface area contributed by atoms with Crippen molar-refractivity contribution in [1.82, 2.24) is 9.55 Å². The molecule has 0 fully saturated rings. The number of benzene rings is 1. The Morgan fingerprint density at radius 1 is 1.50 bits per heavy atom. The molecule has 0 unspecified atom stereocenters. The molecule has 12 heavy (non-hydrogen) atoms. The summed E-state index contributed by atoms with van der Waals surface area (Å²) in [6, 6.07) is 5.30. The summed E-state index contributed by atoms with van der Waals surface area (Å²) in [6.07, 6.45) is 0. The Labute approximate surface area is 73.6 Å². The molecule has 0 radical (unpaired) electrons. The molecule has 1 aromatic carbocycles. The molecule has 0 aliphatic carbocycles. The van der Waals surface area contributed by atoms with E-state index in [-0.39, 0.29) is 5.69 Å². The van der Waals surface area contributed by atoms with E-state index in [9.17, 15) is 4.79 Å². The third-order valence-electron chi connectivity index (χ3n) is 1.87. The van der Waals surface area contributed by atoms with Gasteiger partial charge in [0, 0.05) is 12.1 Å². The van der Waals surface area contributed by atoms with Gasteiger partial charge in [-0.2, -0.15) is 0 Å². The lowest BCUT2D eigenvalue weighted by Crippen LogP contribution is -2.11.